The van der Waals surface area contributed by atoms with Crippen LogP contribution in [0.4, 0.5) is 0 Å². The largest absolute Gasteiger partial charge is 0.454 e. The van der Waals surface area contributed by atoms with Crippen molar-refractivity contribution in [3.8, 4) is 11.5 Å². The van der Waals surface area contributed by atoms with Gasteiger partial charge in [0.05, 0.1) is 0 Å². The van der Waals surface area contributed by atoms with Crippen molar-refractivity contribution in [1.82, 2.24) is 5.32 Å². The van der Waals surface area contributed by atoms with Crippen LogP contribution in [-0.2, 0) is 11.2 Å². The Labute approximate surface area is 129 Å². The van der Waals surface area contributed by atoms with Crippen molar-refractivity contribution in [2.45, 2.75) is 12.5 Å². The first-order valence-corrected chi connectivity index (χ1v) is 7.20. The fourth-order valence-corrected chi connectivity index (χ4v) is 2.49. The fraction of sp³-hybridized carbons (Fsp3) is 0.235. The lowest BCUT2D eigenvalue weighted by Crippen LogP contribution is -2.34. The van der Waals surface area contributed by atoms with Gasteiger partial charge in [0.25, 0.3) is 0 Å². The first-order chi connectivity index (χ1) is 10.7. The molecule has 0 aliphatic carbocycles. The number of rotatable bonds is 6. The van der Waals surface area contributed by atoms with Crippen molar-refractivity contribution in [3.63, 3.8) is 0 Å². The maximum Gasteiger partial charge on any atom is 0.239 e. The number of nitrogens with two attached hydrogens (primary N) is 1. The number of amides is 1. The third kappa shape index (κ3) is 3.20. The zero-order valence-electron chi connectivity index (χ0n) is 12.1. The van der Waals surface area contributed by atoms with Gasteiger partial charge in [0.1, 0.15) is 6.04 Å². The molecule has 3 rings (SSSR count). The molecule has 0 spiro atoms. The number of benzene rings is 2. The van der Waals surface area contributed by atoms with Gasteiger partial charge in [-0.25, -0.2) is 0 Å². The number of primary amides is 1. The van der Waals surface area contributed by atoms with Crippen molar-refractivity contribution < 1.29 is 14.3 Å². The Morgan fingerprint density at radius 3 is 2.68 bits per heavy atom. The molecule has 3 N–H and O–H groups in total. The maximum atomic E-state index is 11.6. The Bertz CT molecular complexity index is 658. The number of carbonyl (C=O) groups is 1. The van der Waals surface area contributed by atoms with Gasteiger partial charge < -0.3 is 20.5 Å². The van der Waals surface area contributed by atoms with Gasteiger partial charge >= 0.3 is 0 Å². The first-order valence-electron chi connectivity index (χ1n) is 7.20. The van der Waals surface area contributed by atoms with E-state index in [0.717, 1.165) is 29.0 Å². The number of fused-ring (bicyclic) bond motifs is 1. The van der Waals surface area contributed by atoms with Gasteiger partial charge in [0.15, 0.2) is 11.5 Å². The number of carbonyl (C=O) groups excluding carboxylic acids is 1. The summed E-state index contributed by atoms with van der Waals surface area (Å²) < 4.78 is 10.6. The third-order valence-corrected chi connectivity index (χ3v) is 3.62. The van der Waals surface area contributed by atoms with Crippen LogP contribution in [0.1, 0.15) is 17.2 Å². The van der Waals surface area contributed by atoms with Crippen LogP contribution in [0.25, 0.3) is 0 Å². The molecule has 22 heavy (non-hydrogen) atoms. The number of hydrogen-bond donors (Lipinski definition) is 2. The van der Waals surface area contributed by atoms with Crippen LogP contribution in [0, 0.1) is 0 Å². The third-order valence-electron chi connectivity index (χ3n) is 3.62. The molecule has 1 aliphatic heterocycles. The molecule has 114 valence electrons. The van der Waals surface area contributed by atoms with Gasteiger partial charge in [-0.2, -0.15) is 0 Å². The normalized spacial score (nSPS) is 13.8. The average molecular weight is 298 g/mol. The summed E-state index contributed by atoms with van der Waals surface area (Å²) in [6.07, 6.45) is 0.771. The molecule has 1 heterocycles. The second-order valence-electron chi connectivity index (χ2n) is 5.14. The maximum absolute atomic E-state index is 11.6. The molecular formula is C17H18N2O3. The lowest BCUT2D eigenvalue weighted by atomic mass is 10.1. The van der Waals surface area contributed by atoms with Crippen molar-refractivity contribution in [3.05, 3.63) is 59.7 Å². The molecule has 0 radical (unpaired) electrons. The van der Waals surface area contributed by atoms with Crippen molar-refractivity contribution in [2.24, 2.45) is 5.73 Å². The predicted octanol–water partition coefficient (Wildman–Crippen LogP) is 1.77. The highest BCUT2D eigenvalue weighted by Crippen LogP contribution is 2.32. The van der Waals surface area contributed by atoms with Gasteiger partial charge in [-0.15, -0.1) is 0 Å². The van der Waals surface area contributed by atoms with E-state index in [4.69, 9.17) is 15.2 Å². The van der Waals surface area contributed by atoms with E-state index >= 15 is 0 Å². The van der Waals surface area contributed by atoms with E-state index in [1.165, 1.54) is 0 Å². The lowest BCUT2D eigenvalue weighted by Gasteiger charge is -2.15. The topological polar surface area (TPSA) is 73.6 Å². The van der Waals surface area contributed by atoms with Gasteiger partial charge in [-0.05, 0) is 29.7 Å². The molecule has 0 fully saturated rings. The SMILES string of the molecule is NC(=O)[C@H](NCCc1ccc2c(c1)OCO2)c1ccccc1. The minimum atomic E-state index is -0.477. The zero-order valence-corrected chi connectivity index (χ0v) is 12.1. The minimum absolute atomic E-state index is 0.273. The average Bonchev–Trinajstić information content (AvgIpc) is 2.99. The van der Waals surface area contributed by atoms with Crippen LogP contribution in [0.15, 0.2) is 48.5 Å². The summed E-state index contributed by atoms with van der Waals surface area (Å²) in [7, 11) is 0. The smallest absolute Gasteiger partial charge is 0.239 e. The summed E-state index contributed by atoms with van der Waals surface area (Å²) in [6, 6.07) is 14.9. The van der Waals surface area contributed by atoms with E-state index in [2.05, 4.69) is 5.32 Å². The molecule has 5 nitrogen and oxygen atoms in total. The number of nitrogens with one attached hydrogen (secondary N) is 1. The van der Waals surface area contributed by atoms with Crippen LogP contribution in [0.5, 0.6) is 11.5 Å². The summed E-state index contributed by atoms with van der Waals surface area (Å²) in [5, 5.41) is 3.21. The lowest BCUT2D eigenvalue weighted by molar-refractivity contribution is -0.120. The van der Waals surface area contributed by atoms with E-state index in [1.807, 2.05) is 48.5 Å². The molecule has 2 aromatic carbocycles. The molecule has 1 aliphatic rings. The Hall–Kier alpha value is -2.53. The summed E-state index contributed by atoms with van der Waals surface area (Å²) >= 11 is 0. The van der Waals surface area contributed by atoms with E-state index in [0.29, 0.717) is 6.54 Å². The standard InChI is InChI=1S/C17H18N2O3/c18-17(20)16(13-4-2-1-3-5-13)19-9-8-12-6-7-14-15(10-12)22-11-21-14/h1-7,10,16,19H,8-9,11H2,(H2,18,20)/t16-/m1/s1. The molecule has 0 unspecified atom stereocenters. The highest BCUT2D eigenvalue weighted by molar-refractivity contribution is 5.81. The van der Waals surface area contributed by atoms with Crippen molar-refractivity contribution in [1.29, 1.82) is 0 Å². The van der Waals surface area contributed by atoms with E-state index in [9.17, 15) is 4.79 Å². The van der Waals surface area contributed by atoms with E-state index in [-0.39, 0.29) is 12.7 Å². The molecule has 0 aromatic heterocycles. The second-order valence-corrected chi connectivity index (χ2v) is 5.14. The molecule has 1 amide bonds. The van der Waals surface area contributed by atoms with Gasteiger partial charge in [-0.1, -0.05) is 36.4 Å². The molecule has 2 aromatic rings. The van der Waals surface area contributed by atoms with E-state index < -0.39 is 6.04 Å². The fourth-order valence-electron chi connectivity index (χ4n) is 2.49. The summed E-state index contributed by atoms with van der Waals surface area (Å²) in [6.45, 7) is 0.914. The molecule has 0 saturated heterocycles. The zero-order chi connectivity index (χ0) is 15.4. The van der Waals surface area contributed by atoms with Crippen molar-refractivity contribution in [2.75, 3.05) is 13.3 Å². The Balaban J connectivity index is 1.60. The molecule has 0 bridgehead atoms. The molecule has 5 heteroatoms. The van der Waals surface area contributed by atoms with Crippen LogP contribution in [-0.4, -0.2) is 19.2 Å². The number of ether oxygens (including phenoxy) is 2. The summed E-state index contributed by atoms with van der Waals surface area (Å²) in [5.41, 5.74) is 7.48. The van der Waals surface area contributed by atoms with Gasteiger partial charge in [0, 0.05) is 6.54 Å². The quantitative estimate of drug-likeness (QED) is 0.852. The Morgan fingerprint density at radius 1 is 1.14 bits per heavy atom. The monoisotopic (exact) mass is 298 g/mol. The first kappa shape index (κ1) is 14.4. The summed E-state index contributed by atoms with van der Waals surface area (Å²) in [5.74, 6) is 1.17. The highest BCUT2D eigenvalue weighted by atomic mass is 16.7. The number of hydrogen-bond acceptors (Lipinski definition) is 4. The van der Waals surface area contributed by atoms with Crippen LogP contribution in [0.3, 0.4) is 0 Å². The summed E-state index contributed by atoms with van der Waals surface area (Å²) in [4.78, 5) is 11.6. The second kappa shape index (κ2) is 6.49. The van der Waals surface area contributed by atoms with Crippen molar-refractivity contribution >= 4 is 5.91 Å². The molecular weight excluding hydrogens is 280 g/mol. The van der Waals surface area contributed by atoms with Gasteiger partial charge in [-0.3, -0.25) is 4.79 Å². The van der Waals surface area contributed by atoms with Gasteiger partial charge in [0.2, 0.25) is 12.7 Å². The predicted molar refractivity (Wildman–Crippen MR) is 82.6 cm³/mol. The van der Waals surface area contributed by atoms with E-state index in [1.54, 1.807) is 0 Å². The molecule has 0 saturated carbocycles. The Morgan fingerprint density at radius 2 is 1.91 bits per heavy atom. The molecule has 1 atom stereocenters. The van der Waals surface area contributed by atoms with Crippen LogP contribution < -0.4 is 20.5 Å². The minimum Gasteiger partial charge on any atom is -0.454 e. The highest BCUT2D eigenvalue weighted by Gasteiger charge is 2.17. The van der Waals surface area contributed by atoms with Crippen LogP contribution >= 0.6 is 0 Å². The Kier molecular flexibility index (Phi) is 4.25. The van der Waals surface area contributed by atoms with Crippen LogP contribution in [0.2, 0.25) is 0 Å².